The zero-order chi connectivity index (χ0) is 11.8. The Morgan fingerprint density at radius 1 is 1.18 bits per heavy atom. The fourth-order valence-electron chi connectivity index (χ4n) is 2.95. The number of carbonyl (C=O) groups excluding carboxylic acids is 1. The molecule has 0 aromatic heterocycles. The quantitative estimate of drug-likeness (QED) is 0.745. The maximum atomic E-state index is 13.6. The molecule has 2 fully saturated rings. The van der Waals surface area contributed by atoms with Gasteiger partial charge in [0.05, 0.1) is 5.56 Å². The summed E-state index contributed by atoms with van der Waals surface area (Å²) in [5, 5.41) is 1.27. The summed E-state index contributed by atoms with van der Waals surface area (Å²) in [6.07, 6.45) is 4.34. The molecular weight excluding hydrogens is 235 g/mol. The Kier molecular flexibility index (Phi) is 2.95. The molecule has 0 saturated carbocycles. The lowest BCUT2D eigenvalue weighted by Crippen LogP contribution is -2.25. The van der Waals surface area contributed by atoms with Crippen molar-refractivity contribution in [3.8, 4) is 0 Å². The Hall–Kier alpha value is -0.830. The molecule has 3 heteroatoms. The van der Waals surface area contributed by atoms with Crippen LogP contribution in [-0.2, 0) is 0 Å². The average Bonchev–Trinajstić information content (AvgIpc) is 2.68. The average molecular weight is 250 g/mol. The first kappa shape index (κ1) is 11.3. The zero-order valence-corrected chi connectivity index (χ0v) is 10.4. The van der Waals surface area contributed by atoms with Gasteiger partial charge in [-0.2, -0.15) is 11.8 Å². The third-order valence-electron chi connectivity index (χ3n) is 3.80. The van der Waals surface area contributed by atoms with Gasteiger partial charge < -0.3 is 0 Å². The van der Waals surface area contributed by atoms with Crippen LogP contribution >= 0.6 is 11.8 Å². The van der Waals surface area contributed by atoms with E-state index in [2.05, 4.69) is 0 Å². The normalized spacial score (nSPS) is 31.5. The maximum absolute atomic E-state index is 13.6. The number of fused-ring (bicyclic) bond motifs is 2. The van der Waals surface area contributed by atoms with Crippen LogP contribution in [0.1, 0.15) is 36.0 Å². The predicted octanol–water partition coefficient (Wildman–Crippen LogP) is 3.68. The van der Waals surface area contributed by atoms with Gasteiger partial charge in [0.25, 0.3) is 0 Å². The van der Waals surface area contributed by atoms with Gasteiger partial charge >= 0.3 is 0 Å². The molecule has 1 aromatic rings. The van der Waals surface area contributed by atoms with Crippen molar-refractivity contribution in [3.63, 3.8) is 0 Å². The number of halogens is 1. The molecule has 2 atom stereocenters. The molecule has 2 unspecified atom stereocenters. The van der Waals surface area contributed by atoms with E-state index in [4.69, 9.17) is 0 Å². The lowest BCUT2D eigenvalue weighted by atomic mass is 9.90. The van der Waals surface area contributed by atoms with Crippen LogP contribution in [0.5, 0.6) is 0 Å². The molecule has 3 rings (SSSR count). The highest BCUT2D eigenvalue weighted by molar-refractivity contribution is 8.00. The Morgan fingerprint density at radius 2 is 1.82 bits per heavy atom. The van der Waals surface area contributed by atoms with Gasteiger partial charge in [0.1, 0.15) is 5.82 Å². The fraction of sp³-hybridized carbons (Fsp3) is 0.500. The summed E-state index contributed by atoms with van der Waals surface area (Å²) in [5.41, 5.74) is 0.281. The molecule has 2 bridgehead atoms. The molecule has 90 valence electrons. The van der Waals surface area contributed by atoms with Crippen molar-refractivity contribution in [2.45, 2.75) is 36.2 Å². The first-order chi connectivity index (χ1) is 8.24. The minimum atomic E-state index is -0.372. The van der Waals surface area contributed by atoms with Gasteiger partial charge in [-0.05, 0) is 37.8 Å². The lowest BCUT2D eigenvalue weighted by molar-refractivity contribution is 0.0902. The van der Waals surface area contributed by atoms with Crippen molar-refractivity contribution in [2.24, 2.45) is 5.92 Å². The van der Waals surface area contributed by atoms with Crippen LogP contribution in [-0.4, -0.2) is 16.3 Å². The van der Waals surface area contributed by atoms with Crippen molar-refractivity contribution in [1.29, 1.82) is 0 Å². The molecule has 1 aromatic carbocycles. The molecule has 0 aliphatic carbocycles. The fourth-order valence-corrected chi connectivity index (χ4v) is 4.73. The number of rotatable bonds is 2. The van der Waals surface area contributed by atoms with E-state index in [9.17, 15) is 9.18 Å². The summed E-state index contributed by atoms with van der Waals surface area (Å²) in [5.74, 6) is -0.311. The Bertz CT molecular complexity index is 434. The van der Waals surface area contributed by atoms with Crippen LogP contribution in [0, 0.1) is 11.7 Å². The molecule has 2 saturated heterocycles. The molecule has 2 heterocycles. The van der Waals surface area contributed by atoms with E-state index in [-0.39, 0.29) is 23.1 Å². The summed E-state index contributed by atoms with van der Waals surface area (Å²) in [4.78, 5) is 12.3. The van der Waals surface area contributed by atoms with Crippen LogP contribution in [0.3, 0.4) is 0 Å². The van der Waals surface area contributed by atoms with Crippen molar-refractivity contribution >= 4 is 17.5 Å². The number of Topliss-reactive ketones (excluding diaryl/α,β-unsaturated/α-hetero) is 1. The second kappa shape index (κ2) is 4.45. The van der Waals surface area contributed by atoms with Gasteiger partial charge in [0, 0.05) is 16.4 Å². The molecule has 0 radical (unpaired) electrons. The van der Waals surface area contributed by atoms with E-state index in [0.717, 1.165) is 12.8 Å². The number of benzene rings is 1. The van der Waals surface area contributed by atoms with Crippen molar-refractivity contribution in [1.82, 2.24) is 0 Å². The van der Waals surface area contributed by atoms with E-state index >= 15 is 0 Å². The maximum Gasteiger partial charge on any atom is 0.168 e. The number of hydrogen-bond acceptors (Lipinski definition) is 2. The second-order valence-corrected chi connectivity index (χ2v) is 6.58. The van der Waals surface area contributed by atoms with Crippen molar-refractivity contribution in [3.05, 3.63) is 35.6 Å². The smallest absolute Gasteiger partial charge is 0.168 e. The minimum Gasteiger partial charge on any atom is -0.294 e. The first-order valence-electron chi connectivity index (χ1n) is 6.18. The van der Waals surface area contributed by atoms with E-state index in [0.29, 0.717) is 10.5 Å². The van der Waals surface area contributed by atoms with Crippen molar-refractivity contribution < 1.29 is 9.18 Å². The van der Waals surface area contributed by atoms with Gasteiger partial charge in [0.2, 0.25) is 0 Å². The largest absolute Gasteiger partial charge is 0.294 e. The molecule has 1 nitrogen and oxygen atoms in total. The topological polar surface area (TPSA) is 17.1 Å². The zero-order valence-electron chi connectivity index (χ0n) is 9.56. The summed E-state index contributed by atoms with van der Waals surface area (Å²) in [6.45, 7) is 0. The molecule has 0 spiro atoms. The van der Waals surface area contributed by atoms with Crippen molar-refractivity contribution in [2.75, 3.05) is 0 Å². The number of carbonyl (C=O) groups is 1. The van der Waals surface area contributed by atoms with Gasteiger partial charge in [-0.15, -0.1) is 0 Å². The third-order valence-corrected chi connectivity index (χ3v) is 5.43. The van der Waals surface area contributed by atoms with Crippen LogP contribution in [0.4, 0.5) is 4.39 Å². The van der Waals surface area contributed by atoms with Gasteiger partial charge in [-0.3, -0.25) is 4.79 Å². The van der Waals surface area contributed by atoms with E-state index in [1.54, 1.807) is 18.2 Å². The van der Waals surface area contributed by atoms with Gasteiger partial charge in [-0.25, -0.2) is 4.39 Å². The molecular formula is C14H15FOS. The second-order valence-electron chi connectivity index (χ2n) is 4.97. The number of ketones is 1. The highest BCUT2D eigenvalue weighted by Crippen LogP contribution is 2.46. The van der Waals surface area contributed by atoms with Gasteiger partial charge in [0.15, 0.2) is 5.78 Å². The van der Waals surface area contributed by atoms with E-state index < -0.39 is 0 Å². The summed E-state index contributed by atoms with van der Waals surface area (Å²) < 4.78 is 13.6. The van der Waals surface area contributed by atoms with Crippen LogP contribution in [0.15, 0.2) is 24.3 Å². The highest BCUT2D eigenvalue weighted by atomic mass is 32.2. The summed E-state index contributed by atoms with van der Waals surface area (Å²) >= 11 is 2.03. The molecule has 2 aliphatic rings. The third kappa shape index (κ3) is 2.13. The molecule has 0 amide bonds. The SMILES string of the molecule is O=C(c1ccccc1F)C1CC2CCC(C1)S2. The Labute approximate surface area is 105 Å². The minimum absolute atomic E-state index is 0.0142. The van der Waals surface area contributed by atoms with Crippen LogP contribution < -0.4 is 0 Å². The predicted molar refractivity (Wildman–Crippen MR) is 67.9 cm³/mol. The van der Waals surface area contributed by atoms with Gasteiger partial charge in [-0.1, -0.05) is 12.1 Å². The first-order valence-corrected chi connectivity index (χ1v) is 7.12. The Balaban J connectivity index is 1.81. The molecule has 17 heavy (non-hydrogen) atoms. The number of thioether (sulfide) groups is 1. The lowest BCUT2D eigenvalue weighted by Gasteiger charge is -2.26. The Morgan fingerprint density at radius 3 is 2.47 bits per heavy atom. The van der Waals surface area contributed by atoms with Crippen LogP contribution in [0.25, 0.3) is 0 Å². The summed E-state index contributed by atoms with van der Waals surface area (Å²) in [7, 11) is 0. The highest BCUT2D eigenvalue weighted by Gasteiger charge is 2.38. The summed E-state index contributed by atoms with van der Waals surface area (Å²) in [6, 6.07) is 6.36. The molecule has 0 N–H and O–H groups in total. The number of hydrogen-bond donors (Lipinski definition) is 0. The monoisotopic (exact) mass is 250 g/mol. The van der Waals surface area contributed by atoms with E-state index in [1.807, 2.05) is 11.8 Å². The van der Waals surface area contributed by atoms with E-state index in [1.165, 1.54) is 18.9 Å². The standard InChI is InChI=1S/C14H15FOS/c15-13-4-2-1-3-12(13)14(16)9-7-10-5-6-11(8-9)17-10/h1-4,9-11H,5-8H2. The molecule has 2 aliphatic heterocycles. The van der Waals surface area contributed by atoms with Crippen LogP contribution in [0.2, 0.25) is 0 Å².